The number of anilines is 2. The minimum Gasteiger partial charge on any atom is -0.470 e. The van der Waals surface area contributed by atoms with Crippen molar-refractivity contribution in [3.05, 3.63) is 6.33 Å². The Morgan fingerprint density at radius 3 is 2.81 bits per heavy atom. The Morgan fingerprint density at radius 2 is 2.11 bits per heavy atom. The highest BCUT2D eigenvalue weighted by molar-refractivity contribution is 7.87. The first-order chi connectivity index (χ1) is 12.2. The molecule has 1 unspecified atom stereocenters. The van der Waals surface area contributed by atoms with Crippen LogP contribution in [0.1, 0.15) is 33.1 Å². The molecule has 2 aliphatic rings. The highest BCUT2D eigenvalue weighted by atomic mass is 35.5. The van der Waals surface area contributed by atoms with Crippen molar-refractivity contribution < 1.29 is 17.9 Å². The van der Waals surface area contributed by atoms with Crippen molar-refractivity contribution in [1.82, 2.24) is 14.7 Å². The molecule has 1 aromatic rings. The fourth-order valence-electron chi connectivity index (χ4n) is 3.15. The third-order valence-corrected chi connectivity index (χ3v) is 5.21. The second-order valence-corrected chi connectivity index (χ2v) is 8.50. The van der Waals surface area contributed by atoms with E-state index < -0.39 is 15.8 Å². The van der Waals surface area contributed by atoms with Crippen molar-refractivity contribution in [2.24, 2.45) is 11.1 Å². The summed E-state index contributed by atoms with van der Waals surface area (Å²) in [5.41, 5.74) is -1.000. The van der Waals surface area contributed by atoms with E-state index >= 15 is 0 Å². The number of hydrogen-bond donors (Lipinski definition) is 3. The zero-order valence-electron chi connectivity index (χ0n) is 15.3. The quantitative estimate of drug-likeness (QED) is 0.640. The molecule has 27 heavy (non-hydrogen) atoms. The van der Waals surface area contributed by atoms with E-state index in [4.69, 9.17) is 9.88 Å². The van der Waals surface area contributed by atoms with Crippen molar-refractivity contribution in [1.29, 1.82) is 0 Å². The van der Waals surface area contributed by atoms with Crippen LogP contribution in [0.2, 0.25) is 0 Å². The van der Waals surface area contributed by atoms with Gasteiger partial charge in [-0.2, -0.15) is 8.42 Å². The zero-order valence-corrected chi connectivity index (χ0v) is 16.9. The van der Waals surface area contributed by atoms with E-state index in [1.165, 1.54) is 6.33 Å². The predicted octanol–water partition coefficient (Wildman–Crippen LogP) is 0.408. The number of nitrogens with two attached hydrogens (primary N) is 1. The Kier molecular flexibility index (Phi) is 6.51. The maximum atomic E-state index is 12.0. The number of rotatable bonds is 4. The lowest BCUT2D eigenvalue weighted by Gasteiger charge is -2.33. The number of nitrogens with zero attached hydrogens (tertiary/aromatic N) is 3. The molecule has 3 heterocycles. The smallest absolute Gasteiger partial charge is 0.274 e. The summed E-state index contributed by atoms with van der Waals surface area (Å²) < 4.78 is 30.4. The van der Waals surface area contributed by atoms with E-state index in [0.717, 1.165) is 25.8 Å². The second kappa shape index (κ2) is 8.13. The number of halogens is 1. The maximum Gasteiger partial charge on any atom is 0.274 e. The molecular weight excluding hydrogens is 396 g/mol. The molecule has 1 fully saturated rings. The molecular formula is C15H25ClN6O4S. The van der Waals surface area contributed by atoms with Crippen LogP contribution in [0, 0.1) is 5.92 Å². The average molecular weight is 421 g/mol. The number of aromatic nitrogens is 2. The number of nitrogens with one attached hydrogen (secondary N) is 2. The number of fused-ring (bicyclic) bond motifs is 1. The molecule has 12 heteroatoms. The van der Waals surface area contributed by atoms with Crippen LogP contribution in [0.4, 0.5) is 11.6 Å². The predicted molar refractivity (Wildman–Crippen MR) is 103 cm³/mol. The molecule has 152 valence electrons. The van der Waals surface area contributed by atoms with Gasteiger partial charge in [0.05, 0.1) is 0 Å². The normalized spacial score (nSPS) is 22.0. The van der Waals surface area contributed by atoms with Gasteiger partial charge < -0.3 is 15.0 Å². The number of carbonyl (C=O) groups excluding carboxylic acids is 1. The maximum absolute atomic E-state index is 12.0. The molecule has 2 aliphatic heterocycles. The van der Waals surface area contributed by atoms with Crippen molar-refractivity contribution in [2.45, 2.75) is 38.7 Å². The van der Waals surface area contributed by atoms with Crippen molar-refractivity contribution in [3.63, 3.8) is 0 Å². The molecule has 0 spiro atoms. The van der Waals surface area contributed by atoms with Crippen LogP contribution in [0.5, 0.6) is 5.75 Å². The van der Waals surface area contributed by atoms with Crippen LogP contribution in [-0.4, -0.2) is 49.5 Å². The fourth-order valence-corrected chi connectivity index (χ4v) is 3.62. The van der Waals surface area contributed by atoms with Gasteiger partial charge in [-0.1, -0.05) is 0 Å². The van der Waals surface area contributed by atoms with Gasteiger partial charge in [-0.05, 0) is 39.0 Å². The molecule has 4 N–H and O–H groups in total. The van der Waals surface area contributed by atoms with Crippen molar-refractivity contribution >= 4 is 40.2 Å². The minimum atomic E-state index is -3.68. The van der Waals surface area contributed by atoms with Crippen molar-refractivity contribution in [2.75, 3.05) is 29.9 Å². The number of carbonyl (C=O) groups is 1. The highest BCUT2D eigenvalue weighted by Gasteiger charge is 2.38. The van der Waals surface area contributed by atoms with E-state index in [1.54, 1.807) is 13.8 Å². The average Bonchev–Trinajstić information content (AvgIpc) is 2.78. The molecule has 1 aromatic heterocycles. The van der Waals surface area contributed by atoms with Crippen LogP contribution in [0.3, 0.4) is 0 Å². The Hall–Kier alpha value is -1.69. The van der Waals surface area contributed by atoms with Gasteiger partial charge in [0.25, 0.3) is 16.1 Å². The number of hydrogen-bond acceptors (Lipinski definition) is 7. The topological polar surface area (TPSA) is 140 Å². The van der Waals surface area contributed by atoms with Gasteiger partial charge in [-0.15, -0.1) is 12.4 Å². The van der Waals surface area contributed by atoms with Crippen molar-refractivity contribution in [3.8, 4) is 5.75 Å². The number of amides is 1. The summed E-state index contributed by atoms with van der Waals surface area (Å²) in [7, 11) is -3.68. The summed E-state index contributed by atoms with van der Waals surface area (Å²) in [4.78, 5) is 22.6. The number of ether oxygens (including phenoxy) is 1. The Balaban J connectivity index is 0.00000261. The van der Waals surface area contributed by atoms with Gasteiger partial charge in [-0.25, -0.2) is 19.8 Å². The third-order valence-electron chi connectivity index (χ3n) is 4.64. The van der Waals surface area contributed by atoms with Crippen LogP contribution >= 0.6 is 12.4 Å². The summed E-state index contributed by atoms with van der Waals surface area (Å²) in [5, 5.41) is 7.76. The highest BCUT2D eigenvalue weighted by Crippen LogP contribution is 2.39. The second-order valence-electron chi connectivity index (χ2n) is 7.12. The van der Waals surface area contributed by atoms with Gasteiger partial charge in [-0.3, -0.25) is 4.79 Å². The first-order valence-electron chi connectivity index (χ1n) is 8.53. The molecule has 1 amide bonds. The molecule has 0 aliphatic carbocycles. The summed E-state index contributed by atoms with van der Waals surface area (Å²) in [6.07, 6.45) is 3.96. The summed E-state index contributed by atoms with van der Waals surface area (Å²) >= 11 is 0. The fraction of sp³-hybridized carbons (Fsp3) is 0.667. The van der Waals surface area contributed by atoms with E-state index in [2.05, 4.69) is 24.9 Å². The molecule has 0 saturated carbocycles. The summed E-state index contributed by atoms with van der Waals surface area (Å²) in [6, 6.07) is 0. The monoisotopic (exact) mass is 420 g/mol. The molecule has 0 bridgehead atoms. The van der Waals surface area contributed by atoms with Gasteiger partial charge >= 0.3 is 0 Å². The lowest BCUT2D eigenvalue weighted by Crippen LogP contribution is -2.46. The molecule has 0 aromatic carbocycles. The van der Waals surface area contributed by atoms with Gasteiger partial charge in [0, 0.05) is 19.6 Å². The Bertz CT molecular complexity index is 803. The van der Waals surface area contributed by atoms with Gasteiger partial charge in [0.15, 0.2) is 17.2 Å². The van der Waals surface area contributed by atoms with Crippen LogP contribution in [0.15, 0.2) is 6.33 Å². The van der Waals surface area contributed by atoms with E-state index in [9.17, 15) is 13.2 Å². The Labute approximate surface area is 164 Å². The Morgan fingerprint density at radius 1 is 1.37 bits per heavy atom. The largest absolute Gasteiger partial charge is 0.470 e. The molecule has 1 atom stereocenters. The first kappa shape index (κ1) is 21.6. The SMILES string of the molecule is CC1(C)Oc2c(ncnc2N2CCCC(CNS(N)(=O)=O)CC2)NC1=O.Cl. The van der Waals surface area contributed by atoms with Crippen LogP contribution in [0.25, 0.3) is 0 Å². The zero-order chi connectivity index (χ0) is 18.9. The van der Waals surface area contributed by atoms with Crippen LogP contribution in [-0.2, 0) is 15.0 Å². The summed E-state index contributed by atoms with van der Waals surface area (Å²) in [6.45, 7) is 5.16. The molecule has 3 rings (SSSR count). The standard InChI is InChI=1S/C15H24N6O4S.ClH/c1-15(2)14(22)20-12-11(25-15)13(18-9-17-12)21-6-3-4-10(5-7-21)8-19-26(16,23)24;/h9-10,19H,3-8H2,1-2H3,(H2,16,23,24)(H,17,18,20,22);1H. The molecule has 1 saturated heterocycles. The third kappa shape index (κ3) is 5.18. The first-order valence-corrected chi connectivity index (χ1v) is 10.1. The minimum absolute atomic E-state index is 0. The lowest BCUT2D eigenvalue weighted by molar-refractivity contribution is -0.129. The molecule has 10 nitrogen and oxygen atoms in total. The summed E-state index contributed by atoms with van der Waals surface area (Å²) in [5.74, 6) is 1.44. The van der Waals surface area contributed by atoms with E-state index in [0.29, 0.717) is 30.5 Å². The van der Waals surface area contributed by atoms with E-state index in [-0.39, 0.29) is 24.2 Å². The van der Waals surface area contributed by atoms with Gasteiger partial charge in [0.1, 0.15) is 6.33 Å². The van der Waals surface area contributed by atoms with E-state index in [1.807, 2.05) is 0 Å². The molecule has 0 radical (unpaired) electrons. The van der Waals surface area contributed by atoms with Gasteiger partial charge in [0.2, 0.25) is 5.75 Å². The van der Waals surface area contributed by atoms with Crippen LogP contribution < -0.4 is 24.8 Å². The lowest BCUT2D eigenvalue weighted by atomic mass is 10.0.